The number of nitrogens with zero attached hydrogens (tertiary/aromatic N) is 4. The van der Waals surface area contributed by atoms with E-state index < -0.39 is 5.41 Å². The molecule has 4 aromatic heterocycles. The van der Waals surface area contributed by atoms with Crippen molar-refractivity contribution >= 4 is 0 Å². The van der Waals surface area contributed by atoms with Gasteiger partial charge >= 0.3 is 21.1 Å². The van der Waals surface area contributed by atoms with Crippen molar-refractivity contribution in [3.8, 4) is 56.4 Å². The topological polar surface area (TPSA) is 35.6 Å². The van der Waals surface area contributed by atoms with Gasteiger partial charge in [-0.3, -0.25) is 9.97 Å². The summed E-state index contributed by atoms with van der Waals surface area (Å²) in [4.78, 5) is 10.5. The maximum Gasteiger partial charge on any atom is 2.00 e. The van der Waals surface area contributed by atoms with E-state index in [2.05, 4.69) is 169 Å². The predicted octanol–water partition coefficient (Wildman–Crippen LogP) is 10.6. The molecule has 5 heteroatoms. The van der Waals surface area contributed by atoms with Crippen molar-refractivity contribution in [2.75, 3.05) is 0 Å². The molecular formula is C45H34N4Pt. The van der Waals surface area contributed by atoms with Crippen LogP contribution in [-0.4, -0.2) is 19.1 Å². The van der Waals surface area contributed by atoms with Crippen molar-refractivity contribution in [1.29, 1.82) is 0 Å². The summed E-state index contributed by atoms with van der Waals surface area (Å²) in [5.41, 5.74) is 10.2. The van der Waals surface area contributed by atoms with Crippen molar-refractivity contribution < 1.29 is 21.1 Å². The number of rotatable bonds is 8. The molecule has 0 unspecified atom stereocenters. The smallest absolute Gasteiger partial charge is 0.428 e. The van der Waals surface area contributed by atoms with Gasteiger partial charge in [-0.25, -0.2) is 0 Å². The maximum atomic E-state index is 5.27. The van der Waals surface area contributed by atoms with E-state index in [1.165, 1.54) is 0 Å². The van der Waals surface area contributed by atoms with E-state index in [1.807, 2.05) is 36.4 Å². The molecule has 0 bridgehead atoms. The van der Waals surface area contributed by atoms with Crippen LogP contribution in [0.15, 0.2) is 170 Å². The van der Waals surface area contributed by atoms with E-state index >= 15 is 0 Å². The van der Waals surface area contributed by atoms with Gasteiger partial charge in [0.25, 0.3) is 0 Å². The fourth-order valence-corrected chi connectivity index (χ4v) is 6.49. The summed E-state index contributed by atoms with van der Waals surface area (Å²) in [7, 11) is 0. The molecule has 0 saturated heterocycles. The number of benzene rings is 4. The van der Waals surface area contributed by atoms with Crippen molar-refractivity contribution in [2.24, 2.45) is 0 Å². The minimum atomic E-state index is -0.503. The zero-order valence-electron chi connectivity index (χ0n) is 27.8. The molecule has 0 aliphatic heterocycles. The maximum absolute atomic E-state index is 5.27. The molecule has 0 spiro atoms. The molecule has 4 nitrogen and oxygen atoms in total. The molecule has 50 heavy (non-hydrogen) atoms. The van der Waals surface area contributed by atoms with Gasteiger partial charge in [-0.05, 0) is 26.0 Å². The van der Waals surface area contributed by atoms with E-state index in [1.54, 1.807) is 0 Å². The van der Waals surface area contributed by atoms with Gasteiger partial charge in [0.1, 0.15) is 0 Å². The minimum absolute atomic E-state index is 0. The zero-order valence-corrected chi connectivity index (χ0v) is 30.0. The summed E-state index contributed by atoms with van der Waals surface area (Å²) < 4.78 is 4.15. The molecule has 4 heterocycles. The summed E-state index contributed by atoms with van der Waals surface area (Å²) in [6, 6.07) is 58.4. The number of pyridine rings is 2. The van der Waals surface area contributed by atoms with Crippen LogP contribution in [0.4, 0.5) is 0 Å². The van der Waals surface area contributed by atoms with Gasteiger partial charge in [-0.2, -0.15) is 0 Å². The first-order valence-electron chi connectivity index (χ1n) is 16.5. The van der Waals surface area contributed by atoms with E-state index in [0.717, 1.165) is 67.8 Å². The molecule has 8 rings (SSSR count). The van der Waals surface area contributed by atoms with E-state index in [0.29, 0.717) is 0 Å². The van der Waals surface area contributed by atoms with Gasteiger partial charge in [0, 0.05) is 16.8 Å². The minimum Gasteiger partial charge on any atom is -0.428 e. The average molecular weight is 826 g/mol. The van der Waals surface area contributed by atoms with Gasteiger partial charge in [-0.15, -0.1) is 23.3 Å². The second kappa shape index (κ2) is 14.1. The van der Waals surface area contributed by atoms with Crippen LogP contribution in [0.2, 0.25) is 0 Å². The SMILES string of the molecule is CC(C)(c1cccc(-n2[c-]cc(-c3ccccc3)c2-c2ccccc2)n1)c1cccc(-n2[c-]cc(-c3ccccc3)c2-c2ccccc2)n1.[Pt+2]. The quantitative estimate of drug-likeness (QED) is 0.143. The third-order valence-corrected chi connectivity index (χ3v) is 9.11. The summed E-state index contributed by atoms with van der Waals surface area (Å²) in [5.74, 6) is 1.61. The summed E-state index contributed by atoms with van der Waals surface area (Å²) in [6.07, 6.45) is 7.01. The largest absolute Gasteiger partial charge is 2.00 e. The molecule has 0 atom stereocenters. The van der Waals surface area contributed by atoms with Crippen molar-refractivity contribution in [3.63, 3.8) is 0 Å². The van der Waals surface area contributed by atoms with E-state index in [4.69, 9.17) is 9.97 Å². The zero-order chi connectivity index (χ0) is 33.2. The van der Waals surface area contributed by atoms with Crippen LogP contribution >= 0.6 is 0 Å². The molecule has 0 N–H and O–H groups in total. The van der Waals surface area contributed by atoms with E-state index in [-0.39, 0.29) is 21.1 Å². The Hall–Kier alpha value is -5.57. The van der Waals surface area contributed by atoms with Crippen molar-refractivity contribution in [2.45, 2.75) is 19.3 Å². The fraction of sp³-hybridized carbons (Fsp3) is 0.0667. The Labute approximate surface area is 308 Å². The number of hydrogen-bond donors (Lipinski definition) is 0. The standard InChI is InChI=1S/C45H34N4.Pt/c1-45(2,39-25-15-27-41(46-39)48-31-29-37(33-17-7-3-8-18-33)43(48)35-21-11-5-12-22-35)40-26-16-28-42(47-40)49-32-30-38(34-19-9-4-10-20-34)44(49)36-23-13-6-14-24-36;/h3-30H,1-2H3;/q-2;+2. The van der Waals surface area contributed by atoms with Gasteiger partial charge in [0.15, 0.2) is 0 Å². The average Bonchev–Trinajstić information content (AvgIpc) is 3.83. The van der Waals surface area contributed by atoms with Crippen LogP contribution < -0.4 is 0 Å². The summed E-state index contributed by atoms with van der Waals surface area (Å²) in [6.45, 7) is 4.37. The van der Waals surface area contributed by atoms with Crippen molar-refractivity contribution in [1.82, 2.24) is 19.1 Å². The van der Waals surface area contributed by atoms with Gasteiger partial charge in [0.2, 0.25) is 0 Å². The van der Waals surface area contributed by atoms with Crippen LogP contribution in [0.1, 0.15) is 25.2 Å². The Morgan fingerprint density at radius 2 is 0.760 bits per heavy atom. The predicted molar refractivity (Wildman–Crippen MR) is 199 cm³/mol. The molecule has 8 aromatic rings. The van der Waals surface area contributed by atoms with Gasteiger partial charge in [0.05, 0.1) is 11.6 Å². The molecule has 244 valence electrons. The van der Waals surface area contributed by atoms with Crippen LogP contribution in [-0.2, 0) is 26.5 Å². The Morgan fingerprint density at radius 1 is 0.420 bits per heavy atom. The molecule has 0 radical (unpaired) electrons. The van der Waals surface area contributed by atoms with Crippen LogP contribution in [0.3, 0.4) is 0 Å². The normalized spacial score (nSPS) is 11.2. The summed E-state index contributed by atoms with van der Waals surface area (Å²) in [5, 5.41) is 0. The van der Waals surface area contributed by atoms with Crippen molar-refractivity contribution in [3.05, 3.63) is 194 Å². The molecule has 0 saturated carbocycles. The molecular weight excluding hydrogens is 792 g/mol. The number of aromatic nitrogens is 4. The first-order valence-corrected chi connectivity index (χ1v) is 16.5. The number of hydrogen-bond acceptors (Lipinski definition) is 2. The van der Waals surface area contributed by atoms with E-state index in [9.17, 15) is 0 Å². The Kier molecular flexibility index (Phi) is 9.30. The van der Waals surface area contributed by atoms with Crippen LogP contribution in [0.5, 0.6) is 0 Å². The Morgan fingerprint density at radius 3 is 1.12 bits per heavy atom. The second-order valence-corrected chi connectivity index (χ2v) is 12.6. The fourth-order valence-electron chi connectivity index (χ4n) is 6.49. The monoisotopic (exact) mass is 825 g/mol. The molecule has 0 amide bonds. The molecule has 4 aromatic carbocycles. The third kappa shape index (κ3) is 6.19. The molecule has 0 aliphatic rings. The van der Waals surface area contributed by atoms with Gasteiger partial charge in [-0.1, -0.05) is 192 Å². The second-order valence-electron chi connectivity index (χ2n) is 12.6. The van der Waals surface area contributed by atoms with Crippen LogP contribution in [0, 0.1) is 12.4 Å². The third-order valence-electron chi connectivity index (χ3n) is 9.11. The first kappa shape index (κ1) is 33.0. The van der Waals surface area contributed by atoms with Gasteiger partial charge < -0.3 is 9.13 Å². The van der Waals surface area contributed by atoms with Crippen LogP contribution in [0.25, 0.3) is 56.4 Å². The summed E-state index contributed by atoms with van der Waals surface area (Å²) >= 11 is 0. The Balaban J connectivity index is 0.00000392. The molecule has 0 aliphatic carbocycles. The Bertz CT molecular complexity index is 2180. The molecule has 0 fully saturated rings. The first-order chi connectivity index (χ1) is 24.1.